The fourth-order valence-corrected chi connectivity index (χ4v) is 5.40. The van der Waals surface area contributed by atoms with Crippen molar-refractivity contribution in [3.63, 3.8) is 0 Å². The number of fused-ring (bicyclic) bond motifs is 3. The van der Waals surface area contributed by atoms with E-state index in [9.17, 15) is 4.79 Å². The average Bonchev–Trinajstić information content (AvgIpc) is 2.97. The Morgan fingerprint density at radius 1 is 1.21 bits per heavy atom. The molecule has 0 saturated carbocycles. The van der Waals surface area contributed by atoms with E-state index in [4.69, 9.17) is 4.74 Å². The zero-order chi connectivity index (χ0) is 16.5. The van der Waals surface area contributed by atoms with Gasteiger partial charge >= 0.3 is 6.09 Å². The second-order valence-corrected chi connectivity index (χ2v) is 8.13. The minimum atomic E-state index is -0.244. The Hall–Kier alpha value is -1.46. The van der Waals surface area contributed by atoms with Gasteiger partial charge in [0.25, 0.3) is 0 Å². The molecule has 5 heteroatoms. The minimum absolute atomic E-state index is 0.211. The van der Waals surface area contributed by atoms with Crippen molar-refractivity contribution in [2.24, 2.45) is 0 Å². The van der Waals surface area contributed by atoms with Crippen LogP contribution in [0, 0.1) is 0 Å². The summed E-state index contributed by atoms with van der Waals surface area (Å²) in [5.41, 5.74) is 3.26. The molecule has 0 spiro atoms. The number of hydrogen-bond donors (Lipinski definition) is 0. The SMILES string of the molecule is O=C(OCc1ccccc1)N1c2c(Br)cccc2C2CSCCC21. The minimum Gasteiger partial charge on any atom is -0.444 e. The van der Waals surface area contributed by atoms with Gasteiger partial charge < -0.3 is 4.74 Å². The van der Waals surface area contributed by atoms with Crippen LogP contribution in [0.3, 0.4) is 0 Å². The summed E-state index contributed by atoms with van der Waals surface area (Å²) in [4.78, 5) is 14.7. The number of rotatable bonds is 2. The number of benzene rings is 2. The maximum Gasteiger partial charge on any atom is 0.414 e. The lowest BCUT2D eigenvalue weighted by Crippen LogP contribution is -2.42. The number of carbonyl (C=O) groups excluding carboxylic acids is 1. The Bertz CT molecular complexity index is 752. The monoisotopic (exact) mass is 403 g/mol. The molecule has 1 saturated heterocycles. The molecule has 2 aromatic rings. The molecule has 2 aliphatic rings. The van der Waals surface area contributed by atoms with Crippen molar-refractivity contribution in [2.75, 3.05) is 16.4 Å². The predicted molar refractivity (Wildman–Crippen MR) is 102 cm³/mol. The van der Waals surface area contributed by atoms with E-state index in [0.717, 1.165) is 33.7 Å². The molecule has 24 heavy (non-hydrogen) atoms. The maximum absolute atomic E-state index is 12.9. The Kier molecular flexibility index (Phi) is 4.55. The molecule has 1 fully saturated rings. The molecular formula is C19H18BrNO2S. The van der Waals surface area contributed by atoms with Crippen LogP contribution in [-0.2, 0) is 11.3 Å². The van der Waals surface area contributed by atoms with Crippen LogP contribution in [0.5, 0.6) is 0 Å². The van der Waals surface area contributed by atoms with Gasteiger partial charge in [0.05, 0.1) is 5.69 Å². The highest BCUT2D eigenvalue weighted by Crippen LogP contribution is 2.49. The van der Waals surface area contributed by atoms with Crippen LogP contribution in [0.2, 0.25) is 0 Å². The molecule has 0 radical (unpaired) electrons. The highest BCUT2D eigenvalue weighted by molar-refractivity contribution is 9.10. The van der Waals surface area contributed by atoms with Crippen molar-refractivity contribution in [3.05, 3.63) is 64.1 Å². The molecule has 2 aromatic carbocycles. The lowest BCUT2D eigenvalue weighted by molar-refractivity contribution is 0.144. The topological polar surface area (TPSA) is 29.5 Å². The van der Waals surface area contributed by atoms with Crippen molar-refractivity contribution in [3.8, 4) is 0 Å². The summed E-state index contributed by atoms with van der Waals surface area (Å²) >= 11 is 5.60. The first-order chi connectivity index (χ1) is 11.8. The molecule has 1 amide bonds. The van der Waals surface area contributed by atoms with Gasteiger partial charge in [0.2, 0.25) is 0 Å². The fourth-order valence-electron chi connectivity index (χ4n) is 3.60. The number of para-hydroxylation sites is 1. The number of anilines is 1. The molecule has 0 bridgehead atoms. The second-order valence-electron chi connectivity index (χ2n) is 6.13. The normalized spacial score (nSPS) is 22.0. The highest BCUT2D eigenvalue weighted by Gasteiger charge is 2.44. The van der Waals surface area contributed by atoms with E-state index in [1.165, 1.54) is 5.56 Å². The van der Waals surface area contributed by atoms with Gasteiger partial charge in [-0.05, 0) is 45.3 Å². The van der Waals surface area contributed by atoms with Crippen LogP contribution in [-0.4, -0.2) is 23.6 Å². The van der Waals surface area contributed by atoms with Gasteiger partial charge in [-0.2, -0.15) is 11.8 Å². The maximum atomic E-state index is 12.9. The predicted octanol–water partition coefficient (Wildman–Crippen LogP) is 5.20. The number of nitrogens with zero attached hydrogens (tertiary/aromatic N) is 1. The number of hydrogen-bond acceptors (Lipinski definition) is 3. The van der Waals surface area contributed by atoms with Gasteiger partial charge in [0.15, 0.2) is 0 Å². The first-order valence-corrected chi connectivity index (χ1v) is 10.1. The summed E-state index contributed by atoms with van der Waals surface area (Å²) in [5, 5.41) is 0. The first-order valence-electron chi connectivity index (χ1n) is 8.12. The van der Waals surface area contributed by atoms with Gasteiger partial charge in [0, 0.05) is 22.2 Å². The number of thioether (sulfide) groups is 1. The Morgan fingerprint density at radius 3 is 2.88 bits per heavy atom. The van der Waals surface area contributed by atoms with Gasteiger partial charge in [-0.3, -0.25) is 4.90 Å². The fraction of sp³-hybridized carbons (Fsp3) is 0.316. The molecule has 2 heterocycles. The number of halogens is 1. The van der Waals surface area contributed by atoms with E-state index in [1.54, 1.807) is 0 Å². The van der Waals surface area contributed by atoms with Gasteiger partial charge in [-0.15, -0.1) is 0 Å². The third-order valence-corrected chi connectivity index (χ3v) is 6.47. The number of amides is 1. The third kappa shape index (κ3) is 2.84. The van der Waals surface area contributed by atoms with Crippen LogP contribution in [0.1, 0.15) is 23.5 Å². The Morgan fingerprint density at radius 2 is 2.04 bits per heavy atom. The van der Waals surface area contributed by atoms with Crippen molar-refractivity contribution in [2.45, 2.75) is 25.0 Å². The molecule has 2 aliphatic heterocycles. The van der Waals surface area contributed by atoms with E-state index in [2.05, 4.69) is 28.1 Å². The zero-order valence-corrected chi connectivity index (χ0v) is 15.6. The Labute approximate surface area is 154 Å². The molecule has 0 N–H and O–H groups in total. The zero-order valence-electron chi connectivity index (χ0n) is 13.2. The molecule has 124 valence electrons. The standard InChI is InChI=1S/C19H18BrNO2S/c20-16-8-4-7-14-15-12-24-10-9-17(15)21(18(14)16)19(22)23-11-13-5-2-1-3-6-13/h1-8,15,17H,9-12H2. The lowest BCUT2D eigenvalue weighted by Gasteiger charge is -2.31. The van der Waals surface area contributed by atoms with Crippen LogP contribution in [0.15, 0.2) is 53.0 Å². The highest BCUT2D eigenvalue weighted by atomic mass is 79.9. The largest absolute Gasteiger partial charge is 0.444 e. The third-order valence-electron chi connectivity index (χ3n) is 4.71. The summed E-state index contributed by atoms with van der Waals surface area (Å²) in [7, 11) is 0. The summed E-state index contributed by atoms with van der Waals surface area (Å²) in [5.74, 6) is 2.56. The molecule has 3 nitrogen and oxygen atoms in total. The average molecular weight is 404 g/mol. The Balaban J connectivity index is 1.60. The summed E-state index contributed by atoms with van der Waals surface area (Å²) in [6.45, 7) is 0.308. The van der Waals surface area contributed by atoms with Crippen LogP contribution >= 0.6 is 27.7 Å². The summed E-state index contributed by atoms with van der Waals surface area (Å²) < 4.78 is 6.60. The van der Waals surface area contributed by atoms with Crippen LogP contribution < -0.4 is 4.90 Å². The second kappa shape index (κ2) is 6.81. The number of carbonyl (C=O) groups is 1. The van der Waals surface area contributed by atoms with Gasteiger partial charge in [-0.25, -0.2) is 4.79 Å². The van der Waals surface area contributed by atoms with Crippen molar-refractivity contribution in [1.82, 2.24) is 0 Å². The van der Waals surface area contributed by atoms with E-state index < -0.39 is 0 Å². The van der Waals surface area contributed by atoms with Crippen molar-refractivity contribution < 1.29 is 9.53 Å². The van der Waals surface area contributed by atoms with E-state index >= 15 is 0 Å². The first kappa shape index (κ1) is 16.0. The summed E-state index contributed by atoms with van der Waals surface area (Å²) in [6.07, 6.45) is 0.767. The molecule has 2 unspecified atom stereocenters. The number of ether oxygens (including phenoxy) is 1. The van der Waals surface area contributed by atoms with Crippen molar-refractivity contribution >= 4 is 39.5 Å². The molecular weight excluding hydrogens is 386 g/mol. The molecule has 4 rings (SSSR count). The van der Waals surface area contributed by atoms with Crippen molar-refractivity contribution in [1.29, 1.82) is 0 Å². The smallest absolute Gasteiger partial charge is 0.414 e. The molecule has 2 atom stereocenters. The summed E-state index contributed by atoms with van der Waals surface area (Å²) in [6, 6.07) is 16.2. The van der Waals surface area contributed by atoms with E-state index in [-0.39, 0.29) is 12.1 Å². The van der Waals surface area contributed by atoms with Crippen LogP contribution in [0.25, 0.3) is 0 Å². The van der Waals surface area contributed by atoms with Gasteiger partial charge in [0.1, 0.15) is 6.61 Å². The molecule has 0 aromatic heterocycles. The molecule has 0 aliphatic carbocycles. The lowest BCUT2D eigenvalue weighted by atomic mass is 9.95. The van der Waals surface area contributed by atoms with E-state index in [1.807, 2.05) is 53.1 Å². The quantitative estimate of drug-likeness (QED) is 0.690. The van der Waals surface area contributed by atoms with E-state index in [0.29, 0.717) is 12.5 Å². The van der Waals surface area contributed by atoms with Crippen LogP contribution in [0.4, 0.5) is 10.5 Å². The van der Waals surface area contributed by atoms with Gasteiger partial charge in [-0.1, -0.05) is 42.5 Å².